The van der Waals surface area contributed by atoms with Crippen molar-refractivity contribution >= 4 is 22.3 Å². The number of nitrogens with zero attached hydrogens (tertiary/aromatic N) is 5. The molecule has 3 aromatic heterocycles. The number of rotatable bonds is 7. The van der Waals surface area contributed by atoms with Crippen LogP contribution in [0.3, 0.4) is 0 Å². The Balaban J connectivity index is 1.67. The number of urea groups is 1. The summed E-state index contributed by atoms with van der Waals surface area (Å²) in [5, 5.41) is 7.15. The maximum atomic E-state index is 12.7. The minimum Gasteiger partial charge on any atom is -0.383 e. The molecule has 8 nitrogen and oxygen atoms in total. The highest BCUT2D eigenvalue weighted by atomic mass is 32.1. The van der Waals surface area contributed by atoms with Gasteiger partial charge in [-0.25, -0.2) is 14.3 Å². The molecule has 3 rings (SSSR count). The molecule has 0 aliphatic heterocycles. The number of fused-ring (bicyclic) bond motifs is 1. The van der Waals surface area contributed by atoms with Gasteiger partial charge in [0.05, 0.1) is 24.5 Å². The summed E-state index contributed by atoms with van der Waals surface area (Å²) in [7, 11) is 1.62. The summed E-state index contributed by atoms with van der Waals surface area (Å²) in [6, 6.07) is 3.41. The van der Waals surface area contributed by atoms with Gasteiger partial charge in [-0.3, -0.25) is 4.98 Å². The fourth-order valence-corrected chi connectivity index (χ4v) is 2.99. The Kier molecular flexibility index (Phi) is 5.56. The average Bonchev–Trinajstić information content (AvgIpc) is 3.21. The van der Waals surface area contributed by atoms with Gasteiger partial charge in [0.1, 0.15) is 5.51 Å². The quantitative estimate of drug-likeness (QED) is 0.697. The number of nitrogens with one attached hydrogen (secondary N) is 1. The molecule has 0 saturated carbocycles. The highest BCUT2D eigenvalue weighted by Crippen LogP contribution is 2.15. The van der Waals surface area contributed by atoms with E-state index >= 15 is 0 Å². The number of methoxy groups -OCH3 is 1. The molecular formula is C16H20N6O2S. The normalized spacial score (nSPS) is 12.2. The topological polar surface area (TPSA) is 84.7 Å². The molecule has 0 aliphatic rings. The van der Waals surface area contributed by atoms with E-state index in [1.165, 1.54) is 11.3 Å². The molecule has 0 spiro atoms. The van der Waals surface area contributed by atoms with Crippen molar-refractivity contribution in [2.24, 2.45) is 0 Å². The zero-order valence-electron chi connectivity index (χ0n) is 14.1. The fraction of sp³-hybridized carbons (Fsp3) is 0.375. The third kappa shape index (κ3) is 4.31. The van der Waals surface area contributed by atoms with Gasteiger partial charge < -0.3 is 15.0 Å². The van der Waals surface area contributed by atoms with Gasteiger partial charge in [-0.2, -0.15) is 5.10 Å². The van der Waals surface area contributed by atoms with E-state index in [4.69, 9.17) is 4.74 Å². The lowest BCUT2D eigenvalue weighted by Gasteiger charge is -2.24. The molecule has 9 heteroatoms. The van der Waals surface area contributed by atoms with Crippen LogP contribution in [0.2, 0.25) is 0 Å². The summed E-state index contributed by atoms with van der Waals surface area (Å²) < 4.78 is 6.83. The third-order valence-corrected chi connectivity index (χ3v) is 4.45. The molecule has 0 radical (unpaired) electrons. The minimum absolute atomic E-state index is 0.161. The van der Waals surface area contributed by atoms with Crippen molar-refractivity contribution in [2.75, 3.05) is 20.3 Å². The number of pyridine rings is 1. The first kappa shape index (κ1) is 17.3. The molecule has 1 N–H and O–H groups in total. The van der Waals surface area contributed by atoms with Crippen molar-refractivity contribution in [3.05, 3.63) is 47.5 Å². The maximum Gasteiger partial charge on any atom is 0.318 e. The molecule has 0 aliphatic carbocycles. The second kappa shape index (κ2) is 8.04. The number of hydrogen-bond donors (Lipinski definition) is 1. The number of aromatic nitrogens is 4. The molecular weight excluding hydrogens is 340 g/mol. The van der Waals surface area contributed by atoms with Crippen LogP contribution in [0.4, 0.5) is 4.79 Å². The van der Waals surface area contributed by atoms with Crippen molar-refractivity contribution in [1.82, 2.24) is 29.8 Å². The molecule has 0 saturated heterocycles. The highest BCUT2D eigenvalue weighted by molar-refractivity contribution is 7.14. The minimum atomic E-state index is -0.219. The molecule has 2 amide bonds. The van der Waals surface area contributed by atoms with Gasteiger partial charge in [0.2, 0.25) is 4.96 Å². The van der Waals surface area contributed by atoms with Crippen LogP contribution in [-0.4, -0.2) is 50.8 Å². The summed E-state index contributed by atoms with van der Waals surface area (Å²) in [5.41, 5.74) is 3.53. The Bertz CT molecular complexity index is 790. The molecule has 0 fully saturated rings. The Morgan fingerprint density at radius 2 is 2.24 bits per heavy atom. The van der Waals surface area contributed by atoms with Crippen molar-refractivity contribution in [2.45, 2.75) is 19.5 Å². The number of ether oxygens (including phenoxy) is 1. The van der Waals surface area contributed by atoms with Crippen molar-refractivity contribution in [3.63, 3.8) is 0 Å². The molecule has 3 aromatic rings. The second-order valence-corrected chi connectivity index (χ2v) is 6.38. The summed E-state index contributed by atoms with van der Waals surface area (Å²) in [6.07, 6.45) is 5.27. The van der Waals surface area contributed by atoms with Gasteiger partial charge in [0.25, 0.3) is 0 Å². The predicted octanol–water partition coefficient (Wildman–Crippen LogP) is 2.10. The first-order chi connectivity index (χ1) is 12.2. The smallest absolute Gasteiger partial charge is 0.318 e. The Hall–Kier alpha value is -2.52. The Morgan fingerprint density at radius 3 is 2.96 bits per heavy atom. The van der Waals surface area contributed by atoms with E-state index in [-0.39, 0.29) is 12.1 Å². The lowest BCUT2D eigenvalue weighted by atomic mass is 10.2. The maximum absolute atomic E-state index is 12.7. The first-order valence-corrected chi connectivity index (χ1v) is 8.77. The van der Waals surface area contributed by atoms with E-state index in [0.717, 1.165) is 16.2 Å². The van der Waals surface area contributed by atoms with Gasteiger partial charge in [-0.05, 0) is 24.6 Å². The number of imidazole rings is 1. The van der Waals surface area contributed by atoms with E-state index in [1.54, 1.807) is 34.4 Å². The zero-order chi connectivity index (χ0) is 17.6. The lowest BCUT2D eigenvalue weighted by molar-refractivity contribution is 0.145. The molecule has 1 atom stereocenters. The second-order valence-electron chi connectivity index (χ2n) is 5.57. The van der Waals surface area contributed by atoms with E-state index in [1.807, 2.05) is 25.3 Å². The Morgan fingerprint density at radius 1 is 1.44 bits per heavy atom. The fourth-order valence-electron chi connectivity index (χ4n) is 2.38. The van der Waals surface area contributed by atoms with Crippen molar-refractivity contribution < 1.29 is 9.53 Å². The highest BCUT2D eigenvalue weighted by Gasteiger charge is 2.19. The van der Waals surface area contributed by atoms with Gasteiger partial charge in [-0.1, -0.05) is 11.3 Å². The van der Waals surface area contributed by atoms with Crippen LogP contribution in [0.5, 0.6) is 0 Å². The van der Waals surface area contributed by atoms with E-state index < -0.39 is 0 Å². The molecule has 3 heterocycles. The number of hydrogen-bond acceptors (Lipinski definition) is 6. The average molecular weight is 360 g/mol. The van der Waals surface area contributed by atoms with Crippen LogP contribution in [0.15, 0.2) is 36.2 Å². The van der Waals surface area contributed by atoms with Crippen LogP contribution < -0.4 is 5.32 Å². The zero-order valence-corrected chi connectivity index (χ0v) is 14.9. The van der Waals surface area contributed by atoms with Crippen molar-refractivity contribution in [1.29, 1.82) is 0 Å². The lowest BCUT2D eigenvalue weighted by Crippen LogP contribution is -2.42. The van der Waals surface area contributed by atoms with Crippen LogP contribution in [0.1, 0.15) is 24.2 Å². The Labute approximate surface area is 149 Å². The van der Waals surface area contributed by atoms with Gasteiger partial charge in [0, 0.05) is 32.6 Å². The van der Waals surface area contributed by atoms with Gasteiger partial charge in [-0.15, -0.1) is 0 Å². The predicted molar refractivity (Wildman–Crippen MR) is 94.3 cm³/mol. The van der Waals surface area contributed by atoms with Crippen LogP contribution in [-0.2, 0) is 11.3 Å². The van der Waals surface area contributed by atoms with Crippen LogP contribution >= 0.6 is 11.3 Å². The standard InChI is InChI=1S/C16H20N6O2S/c1-12(14-10-22-16(20-14)25-11-18-22)19-15(23)21(7-8-24-2)9-13-3-5-17-6-4-13/h3-6,10-12H,7-9H2,1-2H3,(H,19,23)/t12-/m0/s1. The number of carbonyl (C=O) groups excluding carboxylic acids is 1. The monoisotopic (exact) mass is 360 g/mol. The van der Waals surface area contributed by atoms with E-state index in [9.17, 15) is 4.79 Å². The van der Waals surface area contributed by atoms with E-state index in [2.05, 4.69) is 20.4 Å². The van der Waals surface area contributed by atoms with Gasteiger partial charge in [0.15, 0.2) is 0 Å². The summed E-state index contributed by atoms with van der Waals surface area (Å²) in [5.74, 6) is 0. The van der Waals surface area contributed by atoms with Crippen LogP contribution in [0, 0.1) is 0 Å². The summed E-state index contributed by atoms with van der Waals surface area (Å²) in [4.78, 5) is 23.7. The van der Waals surface area contributed by atoms with Gasteiger partial charge >= 0.3 is 6.03 Å². The van der Waals surface area contributed by atoms with Crippen LogP contribution in [0.25, 0.3) is 4.96 Å². The molecule has 0 aromatic carbocycles. The number of carbonyl (C=O) groups is 1. The summed E-state index contributed by atoms with van der Waals surface area (Å²) in [6.45, 7) is 3.36. The number of amides is 2. The largest absolute Gasteiger partial charge is 0.383 e. The van der Waals surface area contributed by atoms with Crippen molar-refractivity contribution in [3.8, 4) is 0 Å². The molecule has 25 heavy (non-hydrogen) atoms. The molecule has 0 unspecified atom stereocenters. The van der Waals surface area contributed by atoms with E-state index in [0.29, 0.717) is 19.7 Å². The summed E-state index contributed by atoms with van der Waals surface area (Å²) >= 11 is 1.46. The molecule has 0 bridgehead atoms. The third-order valence-electron chi connectivity index (χ3n) is 3.76. The SMILES string of the molecule is COCCN(Cc1ccncc1)C(=O)N[C@@H](C)c1cn2ncsc2n1. The first-order valence-electron chi connectivity index (χ1n) is 7.89. The molecule has 132 valence electrons.